The van der Waals surface area contributed by atoms with E-state index in [0.717, 1.165) is 0 Å². The van der Waals surface area contributed by atoms with Crippen LogP contribution in [0.3, 0.4) is 0 Å². The summed E-state index contributed by atoms with van der Waals surface area (Å²) in [5, 5.41) is 2.73. The highest BCUT2D eigenvalue weighted by Crippen LogP contribution is 2.27. The van der Waals surface area contributed by atoms with Gasteiger partial charge < -0.3 is 24.9 Å². The number of nitrogens with zero attached hydrogens (tertiary/aromatic N) is 1. The highest BCUT2D eigenvalue weighted by Gasteiger charge is 2.15. The third-order valence-corrected chi connectivity index (χ3v) is 3.54. The van der Waals surface area contributed by atoms with E-state index in [0.29, 0.717) is 28.4 Å². The van der Waals surface area contributed by atoms with Crippen LogP contribution in [0.15, 0.2) is 53.1 Å². The van der Waals surface area contributed by atoms with Gasteiger partial charge in [-0.1, -0.05) is 12.1 Å². The van der Waals surface area contributed by atoms with Crippen LogP contribution in [0.25, 0.3) is 11.5 Å². The maximum atomic E-state index is 12.4. The Labute approximate surface area is 144 Å². The van der Waals surface area contributed by atoms with Crippen molar-refractivity contribution >= 4 is 17.3 Å². The van der Waals surface area contributed by atoms with Crippen LogP contribution in [0.1, 0.15) is 10.5 Å². The number of methoxy groups -OCH3 is 2. The zero-order valence-corrected chi connectivity index (χ0v) is 13.8. The molecular formula is C18H17N3O4. The van der Waals surface area contributed by atoms with E-state index in [9.17, 15) is 4.79 Å². The molecule has 0 fully saturated rings. The Kier molecular flexibility index (Phi) is 4.56. The highest BCUT2D eigenvalue weighted by atomic mass is 16.5. The quantitative estimate of drug-likeness (QED) is 0.693. The zero-order chi connectivity index (χ0) is 17.8. The summed E-state index contributed by atoms with van der Waals surface area (Å²) in [5.74, 6) is 0.992. The van der Waals surface area contributed by atoms with Crippen LogP contribution in [0.5, 0.6) is 11.5 Å². The molecule has 1 aromatic heterocycles. The molecule has 0 radical (unpaired) electrons. The maximum absolute atomic E-state index is 12.4. The van der Waals surface area contributed by atoms with E-state index < -0.39 is 5.91 Å². The number of oxazole rings is 1. The number of hydrogen-bond donors (Lipinski definition) is 2. The van der Waals surface area contributed by atoms with Gasteiger partial charge in [0.05, 0.1) is 19.8 Å². The third-order valence-electron chi connectivity index (χ3n) is 3.54. The number of aromatic nitrogens is 1. The molecule has 0 bridgehead atoms. The predicted octanol–water partition coefficient (Wildman–Crippen LogP) is 3.19. The minimum atomic E-state index is -0.417. The lowest BCUT2D eigenvalue weighted by molar-refractivity contribution is 0.102. The Hall–Kier alpha value is -3.48. The number of carbonyl (C=O) groups excluding carboxylic acids is 1. The van der Waals surface area contributed by atoms with E-state index in [1.165, 1.54) is 20.5 Å². The number of carbonyl (C=O) groups is 1. The molecule has 0 saturated heterocycles. The summed E-state index contributed by atoms with van der Waals surface area (Å²) in [7, 11) is 3.07. The van der Waals surface area contributed by atoms with Crippen molar-refractivity contribution in [3.63, 3.8) is 0 Å². The van der Waals surface area contributed by atoms with Crippen LogP contribution in [0.2, 0.25) is 0 Å². The average molecular weight is 339 g/mol. The summed E-state index contributed by atoms with van der Waals surface area (Å²) >= 11 is 0. The molecule has 1 amide bonds. The lowest BCUT2D eigenvalue weighted by Crippen LogP contribution is -2.12. The second-order valence-corrected chi connectivity index (χ2v) is 5.18. The Morgan fingerprint density at radius 1 is 1.12 bits per heavy atom. The standard InChI is InChI=1S/C18H17N3O4/c1-23-12-7-11(8-13(9-12)24-2)20-17(22)16-10-25-18(21-16)14-5-3-4-6-15(14)19/h3-10H,19H2,1-2H3,(H,20,22). The molecule has 0 aliphatic heterocycles. The van der Waals surface area contributed by atoms with Gasteiger partial charge in [0, 0.05) is 29.6 Å². The van der Waals surface area contributed by atoms with Crippen LogP contribution in [-0.4, -0.2) is 25.1 Å². The zero-order valence-electron chi connectivity index (χ0n) is 13.8. The molecule has 2 aromatic carbocycles. The first-order valence-corrected chi connectivity index (χ1v) is 7.45. The van der Waals surface area contributed by atoms with Crippen LogP contribution >= 0.6 is 0 Å². The number of nitrogen functional groups attached to an aromatic ring is 1. The molecule has 3 aromatic rings. The summed E-state index contributed by atoms with van der Waals surface area (Å²) in [6.07, 6.45) is 1.29. The number of anilines is 2. The van der Waals surface area contributed by atoms with Crippen molar-refractivity contribution in [2.45, 2.75) is 0 Å². The average Bonchev–Trinajstić information content (AvgIpc) is 3.11. The number of para-hydroxylation sites is 1. The number of nitrogens with two attached hydrogens (primary N) is 1. The second kappa shape index (κ2) is 6.96. The van der Waals surface area contributed by atoms with Crippen molar-refractivity contribution in [2.24, 2.45) is 0 Å². The smallest absolute Gasteiger partial charge is 0.277 e. The van der Waals surface area contributed by atoms with Gasteiger partial charge in [-0.05, 0) is 12.1 Å². The molecule has 3 N–H and O–H groups in total. The number of benzene rings is 2. The molecule has 0 saturated carbocycles. The van der Waals surface area contributed by atoms with Crippen molar-refractivity contribution in [3.05, 3.63) is 54.4 Å². The normalized spacial score (nSPS) is 10.3. The van der Waals surface area contributed by atoms with Gasteiger partial charge in [-0.15, -0.1) is 0 Å². The SMILES string of the molecule is COc1cc(NC(=O)c2coc(-c3ccccc3N)n2)cc(OC)c1. The van der Waals surface area contributed by atoms with Gasteiger partial charge in [-0.25, -0.2) is 4.98 Å². The summed E-state index contributed by atoms with van der Waals surface area (Å²) in [4.78, 5) is 16.6. The molecular weight excluding hydrogens is 322 g/mol. The fourth-order valence-corrected chi connectivity index (χ4v) is 2.27. The first-order valence-electron chi connectivity index (χ1n) is 7.45. The van der Waals surface area contributed by atoms with Gasteiger partial charge in [-0.2, -0.15) is 0 Å². The molecule has 0 aliphatic rings. The van der Waals surface area contributed by atoms with Gasteiger partial charge in [0.1, 0.15) is 17.8 Å². The van der Waals surface area contributed by atoms with E-state index in [2.05, 4.69) is 10.3 Å². The van der Waals surface area contributed by atoms with E-state index in [4.69, 9.17) is 19.6 Å². The van der Waals surface area contributed by atoms with Gasteiger partial charge in [-0.3, -0.25) is 4.79 Å². The second-order valence-electron chi connectivity index (χ2n) is 5.18. The third kappa shape index (κ3) is 3.55. The van der Waals surface area contributed by atoms with Crippen molar-refractivity contribution in [2.75, 3.05) is 25.3 Å². The largest absolute Gasteiger partial charge is 0.497 e. The number of nitrogens with one attached hydrogen (secondary N) is 1. The minimum absolute atomic E-state index is 0.139. The fourth-order valence-electron chi connectivity index (χ4n) is 2.27. The number of rotatable bonds is 5. The van der Waals surface area contributed by atoms with Gasteiger partial charge in [0.15, 0.2) is 5.69 Å². The van der Waals surface area contributed by atoms with Gasteiger partial charge in [0.2, 0.25) is 5.89 Å². The molecule has 25 heavy (non-hydrogen) atoms. The highest BCUT2D eigenvalue weighted by molar-refractivity contribution is 6.03. The van der Waals surface area contributed by atoms with E-state index in [1.807, 2.05) is 12.1 Å². The first kappa shape index (κ1) is 16.4. The molecule has 0 atom stereocenters. The maximum Gasteiger partial charge on any atom is 0.277 e. The molecule has 128 valence electrons. The van der Waals surface area contributed by atoms with Crippen LogP contribution in [0, 0.1) is 0 Å². The molecule has 7 heteroatoms. The van der Waals surface area contributed by atoms with E-state index in [1.54, 1.807) is 30.3 Å². The van der Waals surface area contributed by atoms with Crippen LogP contribution in [0.4, 0.5) is 11.4 Å². The van der Waals surface area contributed by atoms with Gasteiger partial charge in [0.25, 0.3) is 5.91 Å². The fraction of sp³-hybridized carbons (Fsp3) is 0.111. The molecule has 0 aliphatic carbocycles. The van der Waals surface area contributed by atoms with Crippen molar-refractivity contribution in [3.8, 4) is 23.0 Å². The lowest BCUT2D eigenvalue weighted by atomic mass is 10.2. The molecule has 3 rings (SSSR count). The monoisotopic (exact) mass is 339 g/mol. The Morgan fingerprint density at radius 2 is 1.80 bits per heavy atom. The predicted molar refractivity (Wildman–Crippen MR) is 93.9 cm³/mol. The first-order chi connectivity index (χ1) is 12.1. The minimum Gasteiger partial charge on any atom is -0.497 e. The van der Waals surface area contributed by atoms with Crippen molar-refractivity contribution in [1.29, 1.82) is 0 Å². The van der Waals surface area contributed by atoms with E-state index in [-0.39, 0.29) is 11.6 Å². The van der Waals surface area contributed by atoms with E-state index >= 15 is 0 Å². The summed E-state index contributed by atoms with van der Waals surface area (Å²) in [6, 6.07) is 12.2. The summed E-state index contributed by atoms with van der Waals surface area (Å²) < 4.78 is 15.7. The molecule has 7 nitrogen and oxygen atoms in total. The van der Waals surface area contributed by atoms with Crippen LogP contribution < -0.4 is 20.5 Å². The Balaban J connectivity index is 1.82. The summed E-state index contributed by atoms with van der Waals surface area (Å²) in [6.45, 7) is 0. The van der Waals surface area contributed by atoms with Crippen molar-refractivity contribution in [1.82, 2.24) is 4.98 Å². The number of amides is 1. The Bertz CT molecular complexity index is 883. The molecule has 0 unspecified atom stereocenters. The van der Waals surface area contributed by atoms with Crippen molar-refractivity contribution < 1.29 is 18.7 Å². The number of hydrogen-bond acceptors (Lipinski definition) is 6. The van der Waals surface area contributed by atoms with Crippen LogP contribution in [-0.2, 0) is 0 Å². The lowest BCUT2D eigenvalue weighted by Gasteiger charge is -2.08. The molecule has 1 heterocycles. The molecule has 0 spiro atoms. The van der Waals surface area contributed by atoms with Gasteiger partial charge >= 0.3 is 0 Å². The topological polar surface area (TPSA) is 99.6 Å². The summed E-state index contributed by atoms with van der Waals surface area (Å²) in [5.41, 5.74) is 7.71. The Morgan fingerprint density at radius 3 is 2.44 bits per heavy atom. The number of ether oxygens (including phenoxy) is 2.